The lowest BCUT2D eigenvalue weighted by Gasteiger charge is -2.26. The summed E-state index contributed by atoms with van der Waals surface area (Å²) in [5.41, 5.74) is -1.30. The van der Waals surface area contributed by atoms with Gasteiger partial charge in [0.15, 0.2) is 0 Å². The van der Waals surface area contributed by atoms with Crippen molar-refractivity contribution in [3.8, 4) is 0 Å². The first kappa shape index (κ1) is 25.5. The van der Waals surface area contributed by atoms with E-state index in [1.165, 1.54) is 7.11 Å². The number of amides is 2. The Labute approximate surface area is 152 Å². The second-order valence-corrected chi connectivity index (χ2v) is 7.04. The maximum atomic E-state index is 11.6. The minimum Gasteiger partial charge on any atom is -0.467 e. The highest BCUT2D eigenvalue weighted by molar-refractivity contribution is 5.82. The smallest absolute Gasteiger partial charge is 0.410 e. The van der Waals surface area contributed by atoms with Gasteiger partial charge in [-0.3, -0.25) is 4.79 Å². The molecule has 1 rings (SSSR count). The Morgan fingerprint density at radius 3 is 2.00 bits per heavy atom. The van der Waals surface area contributed by atoms with E-state index in [-0.39, 0.29) is 11.7 Å². The number of carbonyl (C=O) groups excluding carboxylic acids is 3. The second-order valence-electron chi connectivity index (χ2n) is 7.04. The number of rotatable bonds is 3. The third kappa shape index (κ3) is 10.6. The molecule has 1 atom stereocenters. The third-order valence-corrected chi connectivity index (χ3v) is 3.30. The van der Waals surface area contributed by atoms with Crippen LogP contribution in [0.1, 0.15) is 68.2 Å². The Hall–Kier alpha value is -1.79. The summed E-state index contributed by atoms with van der Waals surface area (Å²) in [7, 11) is 1.27. The SMILES string of the molecule is CC.CC1CCCN1C(=O)OC(C)(C)C.COC(=O)C(C)(C)NC=O. The van der Waals surface area contributed by atoms with Crippen LogP contribution in [0.3, 0.4) is 0 Å². The van der Waals surface area contributed by atoms with E-state index < -0.39 is 11.5 Å². The van der Waals surface area contributed by atoms with Crippen LogP contribution < -0.4 is 5.32 Å². The van der Waals surface area contributed by atoms with Crippen LogP contribution in [0.15, 0.2) is 0 Å². The zero-order chi connectivity index (χ0) is 20.3. The van der Waals surface area contributed by atoms with Crippen LogP contribution in [0.4, 0.5) is 4.79 Å². The van der Waals surface area contributed by atoms with Crippen molar-refractivity contribution in [3.63, 3.8) is 0 Å². The molecule has 1 N–H and O–H groups in total. The fraction of sp³-hybridized carbons (Fsp3) is 0.833. The number of nitrogens with one attached hydrogen (secondary N) is 1. The minimum absolute atomic E-state index is 0.169. The van der Waals surface area contributed by atoms with Crippen molar-refractivity contribution in [2.45, 2.75) is 85.4 Å². The topological polar surface area (TPSA) is 84.9 Å². The molecule has 148 valence electrons. The number of hydrogen-bond acceptors (Lipinski definition) is 5. The van der Waals surface area contributed by atoms with Gasteiger partial charge in [0.1, 0.15) is 11.1 Å². The number of carbonyl (C=O) groups is 3. The van der Waals surface area contributed by atoms with Crippen LogP contribution >= 0.6 is 0 Å². The van der Waals surface area contributed by atoms with Crippen LogP contribution in [0.5, 0.6) is 0 Å². The van der Waals surface area contributed by atoms with Gasteiger partial charge in [-0.05, 0) is 54.4 Å². The summed E-state index contributed by atoms with van der Waals surface area (Å²) in [5.74, 6) is -0.459. The number of likely N-dealkylation sites (tertiary alicyclic amines) is 1. The summed E-state index contributed by atoms with van der Waals surface area (Å²) >= 11 is 0. The molecule has 7 nitrogen and oxygen atoms in total. The lowest BCUT2D eigenvalue weighted by Crippen LogP contribution is -2.46. The molecule has 1 saturated heterocycles. The van der Waals surface area contributed by atoms with Crippen LogP contribution in [0.2, 0.25) is 0 Å². The summed E-state index contributed by atoms with van der Waals surface area (Å²) in [6, 6.07) is 0.342. The molecule has 25 heavy (non-hydrogen) atoms. The van der Waals surface area contributed by atoms with Crippen molar-refractivity contribution < 1.29 is 23.9 Å². The Morgan fingerprint density at radius 2 is 1.68 bits per heavy atom. The van der Waals surface area contributed by atoms with Crippen molar-refractivity contribution in [3.05, 3.63) is 0 Å². The van der Waals surface area contributed by atoms with Gasteiger partial charge in [-0.15, -0.1) is 0 Å². The molecule has 0 aromatic carbocycles. The highest BCUT2D eigenvalue weighted by Crippen LogP contribution is 2.19. The average molecular weight is 360 g/mol. The van der Waals surface area contributed by atoms with E-state index in [1.54, 1.807) is 13.8 Å². The van der Waals surface area contributed by atoms with Gasteiger partial charge < -0.3 is 19.7 Å². The molecule has 0 spiro atoms. The van der Waals surface area contributed by atoms with Gasteiger partial charge in [0.2, 0.25) is 6.41 Å². The molecule has 1 aliphatic rings. The van der Waals surface area contributed by atoms with Gasteiger partial charge in [-0.1, -0.05) is 13.8 Å². The Bertz CT molecular complexity index is 416. The monoisotopic (exact) mass is 360 g/mol. The summed E-state index contributed by atoms with van der Waals surface area (Å²) in [4.78, 5) is 34.1. The van der Waals surface area contributed by atoms with E-state index in [0.717, 1.165) is 19.4 Å². The van der Waals surface area contributed by atoms with Gasteiger partial charge in [-0.2, -0.15) is 0 Å². The maximum absolute atomic E-state index is 11.6. The fourth-order valence-electron chi connectivity index (χ4n) is 1.99. The van der Waals surface area contributed by atoms with Crippen LogP contribution in [-0.2, 0) is 19.1 Å². The van der Waals surface area contributed by atoms with Crippen LogP contribution in [0, 0.1) is 0 Å². The van der Waals surface area contributed by atoms with Crippen LogP contribution in [0.25, 0.3) is 0 Å². The number of nitrogens with zero attached hydrogens (tertiary/aromatic N) is 1. The van der Waals surface area contributed by atoms with Crippen molar-refractivity contribution in [2.24, 2.45) is 0 Å². The number of ether oxygens (including phenoxy) is 2. The van der Waals surface area contributed by atoms with E-state index in [2.05, 4.69) is 17.0 Å². The molecule has 1 aliphatic heterocycles. The van der Waals surface area contributed by atoms with Gasteiger partial charge >= 0.3 is 12.1 Å². The van der Waals surface area contributed by atoms with Gasteiger partial charge in [0.05, 0.1) is 7.11 Å². The Balaban J connectivity index is 0. The molecule has 1 unspecified atom stereocenters. The Kier molecular flexibility index (Phi) is 11.9. The van der Waals surface area contributed by atoms with Gasteiger partial charge in [0, 0.05) is 12.6 Å². The summed E-state index contributed by atoms with van der Waals surface area (Å²) < 4.78 is 9.69. The zero-order valence-corrected chi connectivity index (χ0v) is 17.3. The molecule has 1 heterocycles. The average Bonchev–Trinajstić information content (AvgIpc) is 2.93. The van der Waals surface area contributed by atoms with Gasteiger partial charge in [0.25, 0.3) is 0 Å². The highest BCUT2D eigenvalue weighted by Gasteiger charge is 2.29. The van der Waals surface area contributed by atoms with Crippen molar-refractivity contribution in [1.82, 2.24) is 10.2 Å². The van der Waals surface area contributed by atoms with E-state index in [9.17, 15) is 14.4 Å². The normalized spacial score (nSPS) is 16.5. The Morgan fingerprint density at radius 1 is 1.16 bits per heavy atom. The predicted octanol–water partition coefficient (Wildman–Crippen LogP) is 3.12. The zero-order valence-electron chi connectivity index (χ0n) is 17.3. The largest absolute Gasteiger partial charge is 0.467 e. The lowest BCUT2D eigenvalue weighted by atomic mass is 10.1. The second kappa shape index (κ2) is 11.7. The molecule has 1 fully saturated rings. The molecule has 0 bridgehead atoms. The van der Waals surface area contributed by atoms with Gasteiger partial charge in [-0.25, -0.2) is 9.59 Å². The number of hydrogen-bond donors (Lipinski definition) is 1. The van der Waals surface area contributed by atoms with Crippen molar-refractivity contribution in [1.29, 1.82) is 0 Å². The molecule has 0 aromatic rings. The van der Waals surface area contributed by atoms with E-state index >= 15 is 0 Å². The van der Waals surface area contributed by atoms with E-state index in [4.69, 9.17) is 4.74 Å². The maximum Gasteiger partial charge on any atom is 0.410 e. The molecule has 0 radical (unpaired) electrons. The molecular formula is C18H36N2O5. The summed E-state index contributed by atoms with van der Waals surface area (Å²) in [6.07, 6.45) is 2.49. The number of methoxy groups -OCH3 is 1. The molecular weight excluding hydrogens is 324 g/mol. The first-order valence-corrected chi connectivity index (χ1v) is 8.74. The lowest BCUT2D eigenvalue weighted by molar-refractivity contribution is -0.148. The van der Waals surface area contributed by atoms with Crippen molar-refractivity contribution in [2.75, 3.05) is 13.7 Å². The van der Waals surface area contributed by atoms with Crippen LogP contribution in [-0.4, -0.2) is 54.2 Å². The summed E-state index contributed by atoms with van der Waals surface area (Å²) in [5, 5.41) is 2.32. The molecule has 0 aromatic heterocycles. The van der Waals surface area contributed by atoms with E-state index in [0.29, 0.717) is 12.5 Å². The number of esters is 1. The third-order valence-electron chi connectivity index (χ3n) is 3.30. The van der Waals surface area contributed by atoms with E-state index in [1.807, 2.05) is 39.5 Å². The molecule has 0 saturated carbocycles. The predicted molar refractivity (Wildman–Crippen MR) is 98.3 cm³/mol. The fourth-order valence-corrected chi connectivity index (χ4v) is 1.99. The standard InChI is InChI=1S/C10H19NO2.C6H11NO3.C2H6/c1-8-6-5-7-11(8)9(12)13-10(2,3)4;1-6(2,7-4-8)5(9)10-3;1-2/h8H,5-7H2,1-4H3;4H,1-3H3,(H,7,8);1-2H3. The minimum atomic E-state index is -0.920. The summed E-state index contributed by atoms with van der Waals surface area (Å²) in [6.45, 7) is 15.7. The molecule has 7 heteroatoms. The highest BCUT2D eigenvalue weighted by atomic mass is 16.6. The quantitative estimate of drug-likeness (QED) is 0.617. The molecule has 0 aliphatic carbocycles. The first-order chi connectivity index (χ1) is 11.4. The molecule has 2 amide bonds. The van der Waals surface area contributed by atoms with Crippen molar-refractivity contribution >= 4 is 18.5 Å². The first-order valence-electron chi connectivity index (χ1n) is 8.74.